The minimum Gasteiger partial charge on any atom is -0.301 e. The van der Waals surface area contributed by atoms with Crippen LogP contribution in [0.15, 0.2) is 18.2 Å². The summed E-state index contributed by atoms with van der Waals surface area (Å²) in [6, 6.07) is 4.93. The van der Waals surface area contributed by atoms with Crippen molar-refractivity contribution in [1.29, 1.82) is 0 Å². The van der Waals surface area contributed by atoms with E-state index in [-0.39, 0.29) is 0 Å². The minimum atomic E-state index is -4.84. The molecule has 1 heterocycles. The van der Waals surface area contributed by atoms with Crippen LogP contribution in [0.25, 0.3) is 0 Å². The van der Waals surface area contributed by atoms with Gasteiger partial charge in [0.2, 0.25) is 0 Å². The molecule has 0 saturated heterocycles. The molecule has 0 fully saturated rings. The Labute approximate surface area is 143 Å². The van der Waals surface area contributed by atoms with E-state index in [1.54, 1.807) is 13.0 Å². The molecule has 0 spiro atoms. The maximum absolute atomic E-state index is 12.7. The van der Waals surface area contributed by atoms with Crippen molar-refractivity contribution >= 4 is 27.5 Å². The molecule has 128 valence electrons. The van der Waals surface area contributed by atoms with Crippen molar-refractivity contribution in [3.8, 4) is 0 Å². The smallest absolute Gasteiger partial charge is 0.301 e. The van der Waals surface area contributed by atoms with Gasteiger partial charge in [0.05, 0.1) is 0 Å². The molecule has 0 saturated carbocycles. The molecule has 0 radical (unpaired) electrons. The highest BCUT2D eigenvalue weighted by Gasteiger charge is 2.46. The summed E-state index contributed by atoms with van der Waals surface area (Å²) in [4.78, 5) is 12.8. The second kappa shape index (κ2) is 6.83. The van der Waals surface area contributed by atoms with Gasteiger partial charge in [-0.3, -0.25) is 4.79 Å². The van der Waals surface area contributed by atoms with Gasteiger partial charge in [-0.2, -0.15) is 13.2 Å². The fourth-order valence-electron chi connectivity index (χ4n) is 3.11. The van der Waals surface area contributed by atoms with Gasteiger partial charge in [-0.1, -0.05) is 41.9 Å². The lowest BCUT2D eigenvalue weighted by atomic mass is 10.00. The topological polar surface area (TPSA) is 20.3 Å². The standard InChI is InChI=1S/C17H21BrF3NO/c1-10(2)6-14(18)9-12-4-5-15-13(8-12)7-11(3)22(15)16(23)17(19,20)21/h4-5,8,10-11,14H,6-7,9H2,1-3H3. The first-order chi connectivity index (χ1) is 10.6. The SMILES string of the molecule is CC(C)CC(Br)Cc1ccc2c(c1)CC(C)N2C(=O)C(F)(F)F. The highest BCUT2D eigenvalue weighted by Crippen LogP contribution is 2.36. The van der Waals surface area contributed by atoms with E-state index in [9.17, 15) is 18.0 Å². The Hall–Kier alpha value is -1.04. The summed E-state index contributed by atoms with van der Waals surface area (Å²) in [5, 5.41) is 0. The Bertz CT molecular complexity index is 586. The van der Waals surface area contributed by atoms with Gasteiger partial charge in [0.1, 0.15) is 0 Å². The maximum Gasteiger partial charge on any atom is 0.471 e. The lowest BCUT2D eigenvalue weighted by Crippen LogP contribution is -2.44. The predicted octanol–water partition coefficient (Wildman–Crippen LogP) is 4.88. The number of fused-ring (bicyclic) bond motifs is 1. The molecule has 23 heavy (non-hydrogen) atoms. The first-order valence-electron chi connectivity index (χ1n) is 7.75. The third-order valence-electron chi connectivity index (χ3n) is 4.01. The summed E-state index contributed by atoms with van der Waals surface area (Å²) in [5.74, 6) is -1.21. The summed E-state index contributed by atoms with van der Waals surface area (Å²) in [7, 11) is 0. The van der Waals surface area contributed by atoms with E-state index in [2.05, 4.69) is 29.8 Å². The van der Waals surface area contributed by atoms with Crippen LogP contribution < -0.4 is 4.90 Å². The van der Waals surface area contributed by atoms with Gasteiger partial charge >= 0.3 is 12.1 Å². The number of anilines is 1. The molecule has 2 rings (SSSR count). The van der Waals surface area contributed by atoms with E-state index >= 15 is 0 Å². The van der Waals surface area contributed by atoms with Gasteiger partial charge in [-0.15, -0.1) is 0 Å². The number of nitrogens with zero attached hydrogens (tertiary/aromatic N) is 1. The average molecular weight is 392 g/mol. The molecule has 0 aromatic heterocycles. The summed E-state index contributed by atoms with van der Waals surface area (Å²) in [6.45, 7) is 5.95. The van der Waals surface area contributed by atoms with Gasteiger partial charge in [0.15, 0.2) is 0 Å². The second-order valence-corrected chi connectivity index (χ2v) is 7.92. The van der Waals surface area contributed by atoms with Gasteiger partial charge < -0.3 is 4.90 Å². The Balaban J connectivity index is 2.20. The van der Waals surface area contributed by atoms with Crippen molar-refractivity contribution in [2.75, 3.05) is 4.90 Å². The van der Waals surface area contributed by atoms with Gasteiger partial charge in [-0.25, -0.2) is 0 Å². The molecule has 2 unspecified atom stereocenters. The Kier molecular flexibility index (Phi) is 5.44. The van der Waals surface area contributed by atoms with Crippen LogP contribution in [0.1, 0.15) is 38.3 Å². The van der Waals surface area contributed by atoms with E-state index in [0.29, 0.717) is 22.9 Å². The van der Waals surface area contributed by atoms with Crippen molar-refractivity contribution in [2.24, 2.45) is 5.92 Å². The third kappa shape index (κ3) is 4.28. The molecule has 1 aromatic carbocycles. The predicted molar refractivity (Wildman–Crippen MR) is 89.0 cm³/mol. The van der Waals surface area contributed by atoms with Crippen LogP contribution in [-0.2, 0) is 17.6 Å². The van der Waals surface area contributed by atoms with Crippen LogP contribution >= 0.6 is 15.9 Å². The highest BCUT2D eigenvalue weighted by atomic mass is 79.9. The number of amides is 1. The minimum absolute atomic E-state index is 0.340. The van der Waals surface area contributed by atoms with Crippen molar-refractivity contribution in [3.05, 3.63) is 29.3 Å². The first kappa shape index (κ1) is 18.3. The number of benzene rings is 1. The van der Waals surface area contributed by atoms with Crippen molar-refractivity contribution < 1.29 is 18.0 Å². The van der Waals surface area contributed by atoms with E-state index in [1.165, 1.54) is 0 Å². The van der Waals surface area contributed by atoms with Gasteiger partial charge in [0.25, 0.3) is 0 Å². The second-order valence-electron chi connectivity index (χ2n) is 6.62. The number of hydrogen-bond acceptors (Lipinski definition) is 1. The number of carbonyl (C=O) groups excluding carboxylic acids is 1. The molecule has 1 aliphatic rings. The average Bonchev–Trinajstić information content (AvgIpc) is 2.70. The van der Waals surface area contributed by atoms with Crippen LogP contribution in [0.4, 0.5) is 18.9 Å². The zero-order valence-electron chi connectivity index (χ0n) is 13.5. The molecule has 1 aromatic rings. The molecule has 1 amide bonds. The molecule has 6 heteroatoms. The van der Waals surface area contributed by atoms with Crippen LogP contribution in [0.3, 0.4) is 0 Å². The fourth-order valence-corrected chi connectivity index (χ4v) is 4.23. The first-order valence-corrected chi connectivity index (χ1v) is 8.67. The van der Waals surface area contributed by atoms with E-state index in [0.717, 1.165) is 28.9 Å². The molecule has 0 aliphatic carbocycles. The summed E-state index contributed by atoms with van der Waals surface area (Å²) in [5.41, 5.74) is 2.29. The van der Waals surface area contributed by atoms with Crippen LogP contribution in [0, 0.1) is 5.92 Å². The number of halogens is 4. The normalized spacial score (nSPS) is 19.1. The highest BCUT2D eigenvalue weighted by molar-refractivity contribution is 9.09. The fraction of sp³-hybridized carbons (Fsp3) is 0.588. The molecule has 2 nitrogen and oxygen atoms in total. The van der Waals surface area contributed by atoms with Crippen molar-refractivity contribution in [2.45, 2.75) is 57.1 Å². The summed E-state index contributed by atoms with van der Waals surface area (Å²) in [6.07, 6.45) is -2.52. The van der Waals surface area contributed by atoms with Crippen LogP contribution in [-0.4, -0.2) is 23.0 Å². The third-order valence-corrected chi connectivity index (χ3v) is 4.70. The number of alkyl halides is 4. The molecule has 2 atom stereocenters. The monoisotopic (exact) mass is 391 g/mol. The summed E-state index contributed by atoms with van der Waals surface area (Å²) < 4.78 is 38.2. The zero-order chi connectivity index (χ0) is 17.4. The molecule has 0 bridgehead atoms. The number of hydrogen-bond donors (Lipinski definition) is 0. The lowest BCUT2D eigenvalue weighted by Gasteiger charge is -2.23. The Morgan fingerprint density at radius 1 is 1.39 bits per heavy atom. The number of carbonyl (C=O) groups is 1. The van der Waals surface area contributed by atoms with Gasteiger partial charge in [-0.05, 0) is 49.3 Å². The summed E-state index contributed by atoms with van der Waals surface area (Å²) >= 11 is 3.66. The largest absolute Gasteiger partial charge is 0.471 e. The lowest BCUT2D eigenvalue weighted by molar-refractivity contribution is -0.170. The van der Waals surface area contributed by atoms with Crippen LogP contribution in [0.2, 0.25) is 0 Å². The zero-order valence-corrected chi connectivity index (χ0v) is 15.0. The van der Waals surface area contributed by atoms with E-state index < -0.39 is 18.1 Å². The Morgan fingerprint density at radius 2 is 2.04 bits per heavy atom. The maximum atomic E-state index is 12.7. The van der Waals surface area contributed by atoms with E-state index in [4.69, 9.17) is 0 Å². The quantitative estimate of drug-likeness (QED) is 0.669. The molecule has 0 N–H and O–H groups in total. The van der Waals surface area contributed by atoms with Gasteiger partial charge in [0, 0.05) is 16.6 Å². The van der Waals surface area contributed by atoms with Crippen molar-refractivity contribution in [1.82, 2.24) is 0 Å². The Morgan fingerprint density at radius 3 is 2.61 bits per heavy atom. The molecular weight excluding hydrogens is 371 g/mol. The molecular formula is C17H21BrF3NO. The van der Waals surface area contributed by atoms with E-state index in [1.807, 2.05) is 12.1 Å². The molecule has 1 aliphatic heterocycles. The van der Waals surface area contributed by atoms with Crippen molar-refractivity contribution in [3.63, 3.8) is 0 Å². The van der Waals surface area contributed by atoms with Crippen LogP contribution in [0.5, 0.6) is 0 Å². The number of rotatable bonds is 4.